The van der Waals surface area contributed by atoms with Crippen LogP contribution in [0.2, 0.25) is 0 Å². The van der Waals surface area contributed by atoms with Crippen molar-refractivity contribution in [3.63, 3.8) is 0 Å². The van der Waals surface area contributed by atoms with E-state index >= 15 is 0 Å². The highest BCUT2D eigenvalue weighted by atomic mass is 35.5. The lowest BCUT2D eigenvalue weighted by Gasteiger charge is -2.29. The minimum absolute atomic E-state index is 0. The van der Waals surface area contributed by atoms with Crippen molar-refractivity contribution >= 4 is 18.4 Å². The molecule has 0 saturated carbocycles. The molecule has 1 aromatic carbocycles. The van der Waals surface area contributed by atoms with Crippen molar-refractivity contribution in [3.05, 3.63) is 28.8 Å². The molecule has 1 aliphatic heterocycles. The normalized spacial score (nSPS) is 18.9. The maximum atomic E-state index is 11.4. The molecule has 1 N–H and O–H groups in total. The van der Waals surface area contributed by atoms with Gasteiger partial charge in [-0.25, -0.2) is 0 Å². The summed E-state index contributed by atoms with van der Waals surface area (Å²) in [5, 5.41) is 3.78. The minimum Gasteiger partial charge on any atom is -0.493 e. The molecule has 1 aliphatic carbocycles. The molecule has 146 valence electrons. The van der Waals surface area contributed by atoms with Crippen molar-refractivity contribution in [1.29, 1.82) is 0 Å². The molecule has 2 unspecified atom stereocenters. The van der Waals surface area contributed by atoms with Crippen molar-refractivity contribution < 1.29 is 14.3 Å². The smallest absolute Gasteiger partial charge is 0.305 e. The number of hydrogen-bond acceptors (Lipinski definition) is 4. The fraction of sp³-hybridized carbons (Fsp3) is 0.667. The number of carbonyl (C=O) groups is 1. The summed E-state index contributed by atoms with van der Waals surface area (Å²) in [6, 6.07) is 5.67. The summed E-state index contributed by atoms with van der Waals surface area (Å²) in [6.45, 7) is 5.43. The van der Waals surface area contributed by atoms with Gasteiger partial charge in [-0.05, 0) is 68.7 Å². The zero-order valence-corrected chi connectivity index (χ0v) is 16.8. The largest absolute Gasteiger partial charge is 0.493 e. The second-order valence-corrected chi connectivity index (χ2v) is 7.39. The fourth-order valence-electron chi connectivity index (χ4n) is 4.02. The lowest BCUT2D eigenvalue weighted by Crippen LogP contribution is -2.40. The third-order valence-electron chi connectivity index (χ3n) is 5.33. The number of hydrogen-bond donors (Lipinski definition) is 1. The van der Waals surface area contributed by atoms with E-state index in [1.165, 1.54) is 23.1 Å². The standard InChI is InChI=1S/C21H31NO3.ClH/c1-3-24-21(23)7-5-4-6-15(2)22-19-9-8-16-12-17-10-11-25-20(17)14-18(16)13-19;/h12,14-15,19,22H,3-11,13H2,1-2H3;1H. The lowest BCUT2D eigenvalue weighted by molar-refractivity contribution is -0.143. The number of rotatable bonds is 8. The predicted molar refractivity (Wildman–Crippen MR) is 106 cm³/mol. The first kappa shape index (κ1) is 21.0. The highest BCUT2D eigenvalue weighted by molar-refractivity contribution is 5.85. The van der Waals surface area contributed by atoms with Crippen LogP contribution in [0.4, 0.5) is 0 Å². The zero-order valence-electron chi connectivity index (χ0n) is 16.0. The summed E-state index contributed by atoms with van der Waals surface area (Å²) in [4.78, 5) is 11.4. The fourth-order valence-corrected chi connectivity index (χ4v) is 4.02. The van der Waals surface area contributed by atoms with Gasteiger partial charge in [-0.1, -0.05) is 12.5 Å². The lowest BCUT2D eigenvalue weighted by atomic mass is 9.86. The molecule has 26 heavy (non-hydrogen) atoms. The van der Waals surface area contributed by atoms with E-state index in [-0.39, 0.29) is 18.4 Å². The number of benzene rings is 1. The van der Waals surface area contributed by atoms with Crippen LogP contribution in [0.1, 0.15) is 62.6 Å². The van der Waals surface area contributed by atoms with E-state index in [0.717, 1.165) is 50.9 Å². The molecule has 0 aromatic heterocycles. The Morgan fingerprint density at radius 3 is 2.92 bits per heavy atom. The molecule has 0 bridgehead atoms. The van der Waals surface area contributed by atoms with Crippen molar-refractivity contribution in [1.82, 2.24) is 5.32 Å². The zero-order chi connectivity index (χ0) is 17.6. The van der Waals surface area contributed by atoms with Crippen LogP contribution in [-0.4, -0.2) is 31.3 Å². The van der Waals surface area contributed by atoms with Gasteiger partial charge in [0.15, 0.2) is 0 Å². The molecule has 0 fully saturated rings. The molecular formula is C21H32ClNO3. The number of esters is 1. The highest BCUT2D eigenvalue weighted by Gasteiger charge is 2.23. The Morgan fingerprint density at radius 2 is 2.12 bits per heavy atom. The second kappa shape index (κ2) is 10.2. The monoisotopic (exact) mass is 381 g/mol. The summed E-state index contributed by atoms with van der Waals surface area (Å²) < 4.78 is 10.7. The molecule has 0 saturated heterocycles. The van der Waals surface area contributed by atoms with Crippen LogP contribution in [0.25, 0.3) is 0 Å². The summed E-state index contributed by atoms with van der Waals surface area (Å²) in [5.41, 5.74) is 4.36. The molecule has 5 heteroatoms. The van der Waals surface area contributed by atoms with Gasteiger partial charge < -0.3 is 14.8 Å². The molecule has 1 aromatic rings. The highest BCUT2D eigenvalue weighted by Crippen LogP contribution is 2.32. The van der Waals surface area contributed by atoms with Crippen LogP contribution < -0.4 is 10.1 Å². The average molecular weight is 382 g/mol. The molecule has 0 radical (unpaired) electrons. The van der Waals surface area contributed by atoms with E-state index in [4.69, 9.17) is 9.47 Å². The first-order valence-electron chi connectivity index (χ1n) is 9.85. The van der Waals surface area contributed by atoms with Gasteiger partial charge >= 0.3 is 5.97 Å². The van der Waals surface area contributed by atoms with Gasteiger partial charge in [0, 0.05) is 24.9 Å². The first-order valence-corrected chi connectivity index (χ1v) is 9.85. The first-order chi connectivity index (χ1) is 12.2. The van der Waals surface area contributed by atoms with Gasteiger partial charge in [0.1, 0.15) is 5.75 Å². The third kappa shape index (κ3) is 5.62. The number of unbranched alkanes of at least 4 members (excludes halogenated alkanes) is 1. The van der Waals surface area contributed by atoms with E-state index < -0.39 is 0 Å². The van der Waals surface area contributed by atoms with Gasteiger partial charge in [-0.15, -0.1) is 12.4 Å². The Balaban J connectivity index is 0.00000243. The number of nitrogens with one attached hydrogen (secondary N) is 1. The van der Waals surface area contributed by atoms with Crippen molar-refractivity contribution in [2.75, 3.05) is 13.2 Å². The Kier molecular flexibility index (Phi) is 8.23. The molecule has 0 spiro atoms. The second-order valence-electron chi connectivity index (χ2n) is 7.39. The maximum absolute atomic E-state index is 11.4. The van der Waals surface area contributed by atoms with E-state index in [0.29, 0.717) is 25.1 Å². The van der Waals surface area contributed by atoms with Crippen molar-refractivity contribution in [2.24, 2.45) is 0 Å². The maximum Gasteiger partial charge on any atom is 0.305 e. The van der Waals surface area contributed by atoms with Crippen LogP contribution in [0, 0.1) is 0 Å². The van der Waals surface area contributed by atoms with Crippen molar-refractivity contribution in [2.45, 2.75) is 77.3 Å². The van der Waals surface area contributed by atoms with Crippen LogP contribution in [0.3, 0.4) is 0 Å². The van der Waals surface area contributed by atoms with Crippen LogP contribution in [-0.2, 0) is 28.8 Å². The molecule has 4 nitrogen and oxygen atoms in total. The summed E-state index contributed by atoms with van der Waals surface area (Å²) in [5.74, 6) is 1.04. The van der Waals surface area contributed by atoms with Gasteiger partial charge in [0.05, 0.1) is 13.2 Å². The van der Waals surface area contributed by atoms with Crippen LogP contribution in [0.5, 0.6) is 5.75 Å². The van der Waals surface area contributed by atoms with Gasteiger partial charge in [0.25, 0.3) is 0 Å². The minimum atomic E-state index is -0.0678. The third-order valence-corrected chi connectivity index (χ3v) is 5.33. The summed E-state index contributed by atoms with van der Waals surface area (Å²) in [6.07, 6.45) is 8.17. The molecule has 1 heterocycles. The number of aryl methyl sites for hydroxylation is 1. The number of halogens is 1. The Bertz CT molecular complexity index is 605. The van der Waals surface area contributed by atoms with Gasteiger partial charge in [0.2, 0.25) is 0 Å². The van der Waals surface area contributed by atoms with Crippen LogP contribution in [0.15, 0.2) is 12.1 Å². The van der Waals surface area contributed by atoms with E-state index in [2.05, 4.69) is 24.4 Å². The average Bonchev–Trinajstić information content (AvgIpc) is 3.04. The number of carbonyl (C=O) groups excluding carboxylic acids is 1. The Labute approximate surface area is 163 Å². The SMILES string of the molecule is CCOC(=O)CCCCC(C)NC1CCc2cc3c(cc2C1)OCC3.Cl. The van der Waals surface area contributed by atoms with Crippen LogP contribution >= 0.6 is 12.4 Å². The summed E-state index contributed by atoms with van der Waals surface area (Å²) >= 11 is 0. The molecule has 2 atom stereocenters. The van der Waals surface area contributed by atoms with Gasteiger partial charge in [-0.2, -0.15) is 0 Å². The molecule has 0 amide bonds. The Hall–Kier alpha value is -1.26. The van der Waals surface area contributed by atoms with E-state index in [1.54, 1.807) is 0 Å². The Morgan fingerprint density at radius 1 is 1.27 bits per heavy atom. The van der Waals surface area contributed by atoms with E-state index in [1.807, 2.05) is 6.92 Å². The molecule has 3 rings (SSSR count). The molecular weight excluding hydrogens is 350 g/mol. The number of fused-ring (bicyclic) bond motifs is 2. The van der Waals surface area contributed by atoms with Gasteiger partial charge in [-0.3, -0.25) is 4.79 Å². The topological polar surface area (TPSA) is 47.6 Å². The summed E-state index contributed by atoms with van der Waals surface area (Å²) in [7, 11) is 0. The van der Waals surface area contributed by atoms with E-state index in [9.17, 15) is 4.79 Å². The molecule has 2 aliphatic rings. The predicted octanol–water partition coefficient (Wildman–Crippen LogP) is 4.00. The van der Waals surface area contributed by atoms with Crippen molar-refractivity contribution in [3.8, 4) is 5.75 Å². The quantitative estimate of drug-likeness (QED) is 0.546. The number of ether oxygens (including phenoxy) is 2.